The summed E-state index contributed by atoms with van der Waals surface area (Å²) < 4.78 is 53.3. The smallest absolute Gasteiger partial charge is 0.416 e. The molecule has 0 spiro atoms. The molecule has 0 saturated carbocycles. The Morgan fingerprint density at radius 1 is 1.09 bits per heavy atom. The van der Waals surface area contributed by atoms with Crippen LogP contribution in [0.3, 0.4) is 0 Å². The molecule has 0 aromatic heterocycles. The predicted octanol–water partition coefficient (Wildman–Crippen LogP) is 5.10. The van der Waals surface area contributed by atoms with Gasteiger partial charge in [0.2, 0.25) is 0 Å². The fourth-order valence-corrected chi connectivity index (χ4v) is 2.74. The molecule has 172 valence electrons. The molecule has 0 saturated heterocycles. The number of nitrogens with zero attached hydrogens (tertiary/aromatic N) is 1. The zero-order valence-electron chi connectivity index (χ0n) is 16.6. The molecule has 0 amide bonds. The summed E-state index contributed by atoms with van der Waals surface area (Å²) in [5.74, 6) is -1.50. The van der Waals surface area contributed by atoms with Gasteiger partial charge in [0.25, 0.3) is 5.69 Å². The summed E-state index contributed by atoms with van der Waals surface area (Å²) in [7, 11) is 0. The van der Waals surface area contributed by atoms with E-state index in [1.807, 2.05) is 0 Å². The van der Waals surface area contributed by atoms with E-state index in [1.54, 1.807) is 6.92 Å². The number of ether oxygens (including phenoxy) is 3. The van der Waals surface area contributed by atoms with Gasteiger partial charge in [-0.3, -0.25) is 19.7 Å². The lowest BCUT2D eigenvalue weighted by Gasteiger charge is -2.12. The highest BCUT2D eigenvalue weighted by Crippen LogP contribution is 2.37. The fourth-order valence-electron chi connectivity index (χ4n) is 2.52. The largest absolute Gasteiger partial charge is 0.466 e. The molecule has 0 aliphatic rings. The molecule has 0 radical (unpaired) electrons. The average molecular weight is 476 g/mol. The minimum Gasteiger partial charge on any atom is -0.466 e. The number of esters is 2. The number of hydrogen-bond acceptors (Lipinski definition) is 7. The Hall–Kier alpha value is -3.34. The van der Waals surface area contributed by atoms with Gasteiger partial charge in [-0.25, -0.2) is 0 Å². The Kier molecular flexibility index (Phi) is 8.41. The van der Waals surface area contributed by atoms with Crippen LogP contribution in [0.15, 0.2) is 36.4 Å². The van der Waals surface area contributed by atoms with Crippen LogP contribution in [0.1, 0.15) is 24.5 Å². The van der Waals surface area contributed by atoms with Crippen molar-refractivity contribution >= 4 is 29.2 Å². The van der Waals surface area contributed by atoms with Gasteiger partial charge in [0, 0.05) is 11.6 Å². The van der Waals surface area contributed by atoms with Gasteiger partial charge >= 0.3 is 18.1 Å². The topological polar surface area (TPSA) is 105 Å². The molecule has 0 unspecified atom stereocenters. The van der Waals surface area contributed by atoms with E-state index in [1.165, 1.54) is 12.1 Å². The first-order chi connectivity index (χ1) is 15.0. The Bertz CT molecular complexity index is 1010. The second-order valence-electron chi connectivity index (χ2n) is 6.24. The van der Waals surface area contributed by atoms with E-state index in [4.69, 9.17) is 25.8 Å². The number of rotatable bonds is 9. The van der Waals surface area contributed by atoms with Crippen molar-refractivity contribution in [2.45, 2.75) is 25.9 Å². The van der Waals surface area contributed by atoms with E-state index < -0.39 is 40.7 Å². The number of nitro groups is 1. The maximum absolute atomic E-state index is 12.8. The first kappa shape index (κ1) is 24.9. The van der Waals surface area contributed by atoms with Crippen LogP contribution in [0.2, 0.25) is 5.02 Å². The van der Waals surface area contributed by atoms with Crippen LogP contribution in [0.25, 0.3) is 0 Å². The SMILES string of the molecule is CCOC(=O)CCOC(=O)Cc1cc(Oc2ccc(C(F)(F)F)cc2Cl)ccc1[N+](=O)[O-]. The molecule has 0 N–H and O–H groups in total. The Morgan fingerprint density at radius 2 is 1.81 bits per heavy atom. The first-order valence-electron chi connectivity index (χ1n) is 9.14. The third kappa shape index (κ3) is 7.12. The quantitative estimate of drug-likeness (QED) is 0.282. The van der Waals surface area contributed by atoms with Gasteiger partial charge in [0.1, 0.15) is 18.1 Å². The van der Waals surface area contributed by atoms with Gasteiger partial charge in [0.15, 0.2) is 0 Å². The number of carbonyl (C=O) groups is 2. The summed E-state index contributed by atoms with van der Waals surface area (Å²) in [6.45, 7) is 1.54. The Morgan fingerprint density at radius 3 is 2.41 bits per heavy atom. The highest BCUT2D eigenvalue weighted by Gasteiger charge is 2.31. The highest BCUT2D eigenvalue weighted by atomic mass is 35.5. The van der Waals surface area contributed by atoms with Crippen LogP contribution in [-0.2, 0) is 31.7 Å². The van der Waals surface area contributed by atoms with Gasteiger partial charge < -0.3 is 14.2 Å². The van der Waals surface area contributed by atoms with Gasteiger partial charge in [-0.15, -0.1) is 0 Å². The van der Waals surface area contributed by atoms with Crippen molar-refractivity contribution in [3.05, 3.63) is 62.7 Å². The predicted molar refractivity (Wildman–Crippen MR) is 106 cm³/mol. The van der Waals surface area contributed by atoms with Crippen LogP contribution >= 0.6 is 11.6 Å². The number of nitro benzene ring substituents is 1. The third-order valence-corrected chi connectivity index (χ3v) is 4.24. The third-order valence-electron chi connectivity index (χ3n) is 3.94. The molecule has 0 aliphatic carbocycles. The van der Waals surface area contributed by atoms with Crippen molar-refractivity contribution in [1.29, 1.82) is 0 Å². The zero-order valence-corrected chi connectivity index (χ0v) is 17.4. The summed E-state index contributed by atoms with van der Waals surface area (Å²) in [4.78, 5) is 33.8. The number of benzene rings is 2. The standard InChI is InChI=1S/C20H17ClF3NO7/c1-2-30-18(26)7-8-31-19(27)10-12-9-14(4-5-16(12)25(28)29)32-17-6-3-13(11-15(17)21)20(22,23)24/h3-6,9,11H,2,7-8,10H2,1H3. The molecule has 2 rings (SSSR count). The molecule has 12 heteroatoms. The van der Waals surface area contributed by atoms with Crippen molar-refractivity contribution in [2.24, 2.45) is 0 Å². The van der Waals surface area contributed by atoms with Gasteiger partial charge in [-0.2, -0.15) is 13.2 Å². The van der Waals surface area contributed by atoms with Crippen molar-refractivity contribution < 1.29 is 41.9 Å². The lowest BCUT2D eigenvalue weighted by Crippen LogP contribution is -2.14. The van der Waals surface area contributed by atoms with Crippen molar-refractivity contribution in [3.8, 4) is 11.5 Å². The normalized spacial score (nSPS) is 11.0. The van der Waals surface area contributed by atoms with Gasteiger partial charge in [-0.1, -0.05) is 11.6 Å². The van der Waals surface area contributed by atoms with Crippen LogP contribution in [-0.4, -0.2) is 30.1 Å². The zero-order chi connectivity index (χ0) is 23.9. The molecule has 2 aromatic carbocycles. The Labute approximate surface area is 185 Å². The molecule has 8 nitrogen and oxygen atoms in total. The number of halogens is 4. The lowest BCUT2D eigenvalue weighted by atomic mass is 10.1. The molecule has 0 fully saturated rings. The van der Waals surface area contributed by atoms with Crippen molar-refractivity contribution in [2.75, 3.05) is 13.2 Å². The summed E-state index contributed by atoms with van der Waals surface area (Å²) in [5.41, 5.74) is -1.42. The molecule has 0 bridgehead atoms. The van der Waals surface area contributed by atoms with E-state index in [0.29, 0.717) is 6.07 Å². The first-order valence-corrected chi connectivity index (χ1v) is 9.52. The van der Waals surface area contributed by atoms with E-state index in [9.17, 15) is 32.9 Å². The number of carbonyl (C=O) groups excluding carboxylic acids is 2. The second-order valence-corrected chi connectivity index (χ2v) is 6.65. The maximum Gasteiger partial charge on any atom is 0.416 e. The number of hydrogen-bond donors (Lipinski definition) is 0. The summed E-state index contributed by atoms with van der Waals surface area (Å²) in [6.07, 6.45) is -5.26. The minimum absolute atomic E-state index is 0.00609. The van der Waals surface area contributed by atoms with E-state index in [2.05, 4.69) is 0 Å². The van der Waals surface area contributed by atoms with E-state index >= 15 is 0 Å². The van der Waals surface area contributed by atoms with Gasteiger partial charge in [-0.05, 0) is 37.3 Å². The molecule has 0 aliphatic heterocycles. The van der Waals surface area contributed by atoms with Crippen LogP contribution in [0.4, 0.5) is 18.9 Å². The van der Waals surface area contributed by atoms with Gasteiger partial charge in [0.05, 0.1) is 35.0 Å². The Balaban J connectivity index is 2.15. The fraction of sp³-hybridized carbons (Fsp3) is 0.300. The monoisotopic (exact) mass is 475 g/mol. The van der Waals surface area contributed by atoms with Crippen LogP contribution in [0, 0.1) is 10.1 Å². The molecule has 2 aromatic rings. The van der Waals surface area contributed by atoms with Crippen LogP contribution in [0.5, 0.6) is 11.5 Å². The molecule has 0 heterocycles. The minimum atomic E-state index is -4.59. The van der Waals surface area contributed by atoms with E-state index in [-0.39, 0.29) is 41.7 Å². The molecule has 0 atom stereocenters. The van der Waals surface area contributed by atoms with Crippen LogP contribution < -0.4 is 4.74 Å². The maximum atomic E-state index is 12.8. The molecular formula is C20H17ClF3NO7. The summed E-state index contributed by atoms with van der Waals surface area (Å²) in [5, 5.41) is 10.9. The number of alkyl halides is 3. The lowest BCUT2D eigenvalue weighted by molar-refractivity contribution is -0.385. The van der Waals surface area contributed by atoms with E-state index in [0.717, 1.165) is 18.2 Å². The molecular weight excluding hydrogens is 459 g/mol. The summed E-state index contributed by atoms with van der Waals surface area (Å²) in [6, 6.07) is 5.93. The summed E-state index contributed by atoms with van der Waals surface area (Å²) >= 11 is 5.85. The van der Waals surface area contributed by atoms with Crippen molar-refractivity contribution in [1.82, 2.24) is 0 Å². The van der Waals surface area contributed by atoms with Crippen molar-refractivity contribution in [3.63, 3.8) is 0 Å². The second kappa shape index (κ2) is 10.8. The molecule has 32 heavy (non-hydrogen) atoms. The average Bonchev–Trinajstić information content (AvgIpc) is 2.69. The highest BCUT2D eigenvalue weighted by molar-refractivity contribution is 6.32.